The summed E-state index contributed by atoms with van der Waals surface area (Å²) in [5.41, 5.74) is 2.27. The zero-order valence-electron chi connectivity index (χ0n) is 11.0. The van der Waals surface area contributed by atoms with Gasteiger partial charge in [-0.05, 0) is 23.3 Å². The Bertz CT molecular complexity index is 584. The van der Waals surface area contributed by atoms with E-state index in [2.05, 4.69) is 5.48 Å². The molecule has 0 heterocycles. The first-order chi connectivity index (χ1) is 9.97. The van der Waals surface area contributed by atoms with Gasteiger partial charge in [-0.2, -0.15) is 18.7 Å². The van der Waals surface area contributed by atoms with Gasteiger partial charge in [-0.1, -0.05) is 36.4 Å². The lowest BCUT2D eigenvalue weighted by atomic mass is 10.1. The second kappa shape index (κ2) is 6.69. The molecule has 0 aliphatic rings. The Balaban J connectivity index is 1.94. The molecule has 0 saturated heterocycles. The van der Waals surface area contributed by atoms with Gasteiger partial charge in [0.25, 0.3) is 0 Å². The molecule has 21 heavy (non-hydrogen) atoms. The summed E-state index contributed by atoms with van der Waals surface area (Å²) in [6, 6.07) is 11.8. The number of hydrogen-bond donors (Lipinski definition) is 1. The molecule has 0 aromatic heterocycles. The van der Waals surface area contributed by atoms with Crippen LogP contribution in [0.25, 0.3) is 0 Å². The van der Waals surface area contributed by atoms with E-state index in [0.717, 1.165) is 17.7 Å². The van der Waals surface area contributed by atoms with Crippen molar-refractivity contribution in [2.75, 3.05) is 0 Å². The van der Waals surface area contributed by atoms with Crippen LogP contribution < -0.4 is 5.48 Å². The number of halogens is 4. The quantitative estimate of drug-likeness (QED) is 0.510. The van der Waals surface area contributed by atoms with Gasteiger partial charge >= 0.3 is 6.18 Å². The van der Waals surface area contributed by atoms with Crippen LogP contribution in [0, 0.1) is 5.82 Å². The summed E-state index contributed by atoms with van der Waals surface area (Å²) in [6.45, 7) is 0.0609. The third-order valence-corrected chi connectivity index (χ3v) is 2.82. The molecule has 0 atom stereocenters. The number of nitrogens with one attached hydrogen (secondary N) is 1. The molecule has 2 aromatic carbocycles. The Hall–Kier alpha value is -1.92. The summed E-state index contributed by atoms with van der Waals surface area (Å²) < 4.78 is 51.2. The van der Waals surface area contributed by atoms with E-state index in [1.165, 1.54) is 0 Å². The van der Waals surface area contributed by atoms with Crippen LogP contribution in [-0.4, -0.2) is 0 Å². The van der Waals surface area contributed by atoms with Crippen molar-refractivity contribution in [1.29, 1.82) is 0 Å². The van der Waals surface area contributed by atoms with Crippen molar-refractivity contribution in [3.8, 4) is 0 Å². The minimum Gasteiger partial charge on any atom is -0.297 e. The van der Waals surface area contributed by atoms with Crippen LogP contribution in [0.4, 0.5) is 17.6 Å². The molecule has 0 amide bonds. The maximum absolute atomic E-state index is 12.9. The molecule has 0 fully saturated rings. The summed E-state index contributed by atoms with van der Waals surface area (Å²) >= 11 is 0. The summed E-state index contributed by atoms with van der Waals surface area (Å²) in [5, 5.41) is 0. The number of alkyl halides is 3. The molecule has 0 aliphatic carbocycles. The van der Waals surface area contributed by atoms with Gasteiger partial charge in [0.05, 0.1) is 12.2 Å². The average molecular weight is 299 g/mol. The van der Waals surface area contributed by atoms with E-state index < -0.39 is 17.6 Å². The monoisotopic (exact) mass is 299 g/mol. The smallest absolute Gasteiger partial charge is 0.297 e. The van der Waals surface area contributed by atoms with E-state index in [9.17, 15) is 17.6 Å². The van der Waals surface area contributed by atoms with Gasteiger partial charge in [0.2, 0.25) is 0 Å². The normalized spacial score (nSPS) is 11.6. The lowest BCUT2D eigenvalue weighted by Crippen LogP contribution is -2.18. The van der Waals surface area contributed by atoms with Gasteiger partial charge in [0.15, 0.2) is 0 Å². The largest absolute Gasteiger partial charge is 0.416 e. The molecule has 0 unspecified atom stereocenters. The molecule has 6 heteroatoms. The molecule has 0 radical (unpaired) electrons. The lowest BCUT2D eigenvalue weighted by molar-refractivity contribution is -0.138. The number of benzene rings is 2. The van der Waals surface area contributed by atoms with Crippen LogP contribution in [0.5, 0.6) is 0 Å². The van der Waals surface area contributed by atoms with Gasteiger partial charge in [0.1, 0.15) is 5.82 Å². The van der Waals surface area contributed by atoms with Gasteiger partial charge < -0.3 is 0 Å². The van der Waals surface area contributed by atoms with Crippen LogP contribution in [0.15, 0.2) is 48.5 Å². The number of hydrogen-bond acceptors (Lipinski definition) is 2. The van der Waals surface area contributed by atoms with E-state index in [1.54, 1.807) is 0 Å². The Morgan fingerprint density at radius 1 is 1.00 bits per heavy atom. The van der Waals surface area contributed by atoms with Crippen molar-refractivity contribution >= 4 is 0 Å². The molecule has 2 nitrogen and oxygen atoms in total. The van der Waals surface area contributed by atoms with Crippen molar-refractivity contribution in [2.24, 2.45) is 0 Å². The molecular weight excluding hydrogens is 286 g/mol. The van der Waals surface area contributed by atoms with E-state index in [1.807, 2.05) is 30.3 Å². The fourth-order valence-electron chi connectivity index (χ4n) is 1.80. The first kappa shape index (κ1) is 15.5. The van der Waals surface area contributed by atoms with Crippen molar-refractivity contribution in [3.63, 3.8) is 0 Å². The Labute approximate surface area is 119 Å². The van der Waals surface area contributed by atoms with Crippen molar-refractivity contribution in [3.05, 3.63) is 71.0 Å². The second-order valence-electron chi connectivity index (χ2n) is 4.39. The second-order valence-corrected chi connectivity index (χ2v) is 4.39. The van der Waals surface area contributed by atoms with Crippen LogP contribution in [-0.2, 0) is 24.2 Å². The lowest BCUT2D eigenvalue weighted by Gasteiger charge is -2.13. The fourth-order valence-corrected chi connectivity index (χ4v) is 1.80. The van der Waals surface area contributed by atoms with Crippen molar-refractivity contribution in [2.45, 2.75) is 19.3 Å². The zero-order valence-corrected chi connectivity index (χ0v) is 11.0. The van der Waals surface area contributed by atoms with Crippen molar-refractivity contribution in [1.82, 2.24) is 5.48 Å². The predicted octanol–water partition coefficient (Wildman–Crippen LogP) is 4.07. The van der Waals surface area contributed by atoms with E-state index in [0.29, 0.717) is 6.07 Å². The molecule has 0 spiro atoms. The molecule has 0 aliphatic heterocycles. The zero-order chi connectivity index (χ0) is 15.3. The van der Waals surface area contributed by atoms with Crippen LogP contribution in [0.3, 0.4) is 0 Å². The summed E-state index contributed by atoms with van der Waals surface area (Å²) in [5.74, 6) is -0.920. The molecule has 1 N–H and O–H groups in total. The summed E-state index contributed by atoms with van der Waals surface area (Å²) in [4.78, 5) is 5.11. The third kappa shape index (κ3) is 4.54. The van der Waals surface area contributed by atoms with Crippen LogP contribution in [0.2, 0.25) is 0 Å². The van der Waals surface area contributed by atoms with Crippen LogP contribution >= 0.6 is 0 Å². The minimum absolute atomic E-state index is 0.0723. The molecular formula is C15H13F4NO. The Morgan fingerprint density at radius 2 is 1.71 bits per heavy atom. The van der Waals surface area contributed by atoms with E-state index in [4.69, 9.17) is 4.84 Å². The average Bonchev–Trinajstić information content (AvgIpc) is 2.45. The standard InChI is InChI=1S/C15H13F4NO/c16-13-7-6-12(14(8-13)15(17,18)19)9-20-21-10-11-4-2-1-3-5-11/h1-8,20H,9-10H2. The number of rotatable bonds is 5. The van der Waals surface area contributed by atoms with E-state index >= 15 is 0 Å². The maximum Gasteiger partial charge on any atom is 0.416 e. The molecule has 112 valence electrons. The Morgan fingerprint density at radius 3 is 2.38 bits per heavy atom. The molecule has 2 aromatic rings. The molecule has 2 rings (SSSR count). The molecule has 0 saturated carbocycles. The maximum atomic E-state index is 12.9. The van der Waals surface area contributed by atoms with Gasteiger partial charge in [-0.3, -0.25) is 4.84 Å². The molecule has 0 bridgehead atoms. The SMILES string of the molecule is Fc1ccc(CNOCc2ccccc2)c(C(F)(F)F)c1. The fraction of sp³-hybridized carbons (Fsp3) is 0.200. The van der Waals surface area contributed by atoms with Gasteiger partial charge in [0, 0.05) is 6.54 Å². The topological polar surface area (TPSA) is 21.3 Å². The Kier molecular flexibility index (Phi) is 4.93. The first-order valence-corrected chi connectivity index (χ1v) is 6.21. The first-order valence-electron chi connectivity index (χ1n) is 6.21. The highest BCUT2D eigenvalue weighted by molar-refractivity contribution is 5.30. The third-order valence-electron chi connectivity index (χ3n) is 2.82. The van der Waals surface area contributed by atoms with Crippen molar-refractivity contribution < 1.29 is 22.4 Å². The van der Waals surface area contributed by atoms with Gasteiger partial charge in [-0.15, -0.1) is 0 Å². The number of hydroxylamine groups is 1. The highest BCUT2D eigenvalue weighted by Gasteiger charge is 2.33. The summed E-state index contributed by atoms with van der Waals surface area (Å²) in [7, 11) is 0. The summed E-state index contributed by atoms with van der Waals surface area (Å²) in [6.07, 6.45) is -4.60. The highest BCUT2D eigenvalue weighted by Crippen LogP contribution is 2.32. The minimum atomic E-state index is -4.60. The van der Waals surface area contributed by atoms with E-state index in [-0.39, 0.29) is 18.7 Å². The van der Waals surface area contributed by atoms with Crippen LogP contribution in [0.1, 0.15) is 16.7 Å². The highest BCUT2D eigenvalue weighted by atomic mass is 19.4. The van der Waals surface area contributed by atoms with Gasteiger partial charge in [-0.25, -0.2) is 4.39 Å². The predicted molar refractivity (Wildman–Crippen MR) is 69.5 cm³/mol.